The molecule has 0 aliphatic carbocycles. The van der Waals surface area contributed by atoms with E-state index >= 15 is 0 Å². The quantitative estimate of drug-likeness (QED) is 0.680. The molecule has 1 heteroatoms. The molecule has 0 bridgehead atoms. The van der Waals surface area contributed by atoms with Gasteiger partial charge < -0.3 is 5.73 Å². The summed E-state index contributed by atoms with van der Waals surface area (Å²) in [5.74, 6) is 1.11. The lowest BCUT2D eigenvalue weighted by Gasteiger charge is -2.16. The van der Waals surface area contributed by atoms with Gasteiger partial charge in [-0.25, -0.2) is 0 Å². The Kier molecular flexibility index (Phi) is 4.96. The zero-order chi connectivity index (χ0) is 11.5. The lowest BCUT2D eigenvalue weighted by Crippen LogP contribution is -2.09. The first-order valence-electron chi connectivity index (χ1n) is 5.43. The Morgan fingerprint density at radius 2 is 1.14 bits per heavy atom. The Hall–Kier alpha value is -0.720. The Morgan fingerprint density at radius 1 is 0.786 bits per heavy atom. The second-order valence-corrected chi connectivity index (χ2v) is 4.71. The van der Waals surface area contributed by atoms with Gasteiger partial charge in [-0.1, -0.05) is 33.3 Å². The van der Waals surface area contributed by atoms with Crippen molar-refractivity contribution >= 4 is 0 Å². The molecule has 14 heavy (non-hydrogen) atoms. The van der Waals surface area contributed by atoms with E-state index in [1.807, 2.05) is 0 Å². The smallest absolute Gasteiger partial charge is 0.0334 e. The fourth-order valence-electron chi connectivity index (χ4n) is 1.25. The second kappa shape index (κ2) is 5.23. The standard InChI is InChI=1S/C13H25N/c1-8(2)10(5)12(7)13(14)11(6)9(3)4/h8-9H,14H2,1-7H3/b12-10-,13-11+. The van der Waals surface area contributed by atoms with Gasteiger partial charge in [0.15, 0.2) is 0 Å². The fraction of sp³-hybridized carbons (Fsp3) is 0.692. The molecule has 0 aromatic heterocycles. The number of hydrogen-bond donors (Lipinski definition) is 1. The summed E-state index contributed by atoms with van der Waals surface area (Å²) >= 11 is 0. The van der Waals surface area contributed by atoms with Gasteiger partial charge in [-0.2, -0.15) is 0 Å². The molecule has 0 heterocycles. The average Bonchev–Trinajstić information content (AvgIpc) is 2.12. The van der Waals surface area contributed by atoms with Crippen LogP contribution in [-0.2, 0) is 0 Å². The third-order valence-electron chi connectivity index (χ3n) is 3.15. The molecule has 0 aromatic carbocycles. The molecule has 0 atom stereocenters. The Labute approximate surface area is 89.1 Å². The zero-order valence-corrected chi connectivity index (χ0v) is 10.7. The van der Waals surface area contributed by atoms with Crippen LogP contribution in [0.1, 0.15) is 48.5 Å². The van der Waals surface area contributed by atoms with E-state index in [-0.39, 0.29) is 0 Å². The molecule has 0 amide bonds. The highest BCUT2D eigenvalue weighted by molar-refractivity contribution is 5.35. The summed E-state index contributed by atoms with van der Waals surface area (Å²) in [5, 5.41) is 0. The molecular weight excluding hydrogens is 170 g/mol. The van der Waals surface area contributed by atoms with Crippen molar-refractivity contribution in [2.45, 2.75) is 48.5 Å². The van der Waals surface area contributed by atoms with E-state index in [2.05, 4.69) is 48.5 Å². The molecule has 0 fully saturated rings. The van der Waals surface area contributed by atoms with Gasteiger partial charge in [-0.3, -0.25) is 0 Å². The van der Waals surface area contributed by atoms with Gasteiger partial charge in [0.05, 0.1) is 0 Å². The van der Waals surface area contributed by atoms with Gasteiger partial charge >= 0.3 is 0 Å². The van der Waals surface area contributed by atoms with Crippen LogP contribution in [0.25, 0.3) is 0 Å². The maximum absolute atomic E-state index is 6.12. The van der Waals surface area contributed by atoms with Crippen molar-refractivity contribution in [3.05, 3.63) is 22.4 Å². The Bertz CT molecular complexity index is 226. The topological polar surface area (TPSA) is 26.0 Å². The summed E-state index contributed by atoms with van der Waals surface area (Å²) in [6.07, 6.45) is 0. The average molecular weight is 195 g/mol. The maximum Gasteiger partial charge on any atom is 0.0334 e. The number of allylic oxidation sites excluding steroid dienone is 3. The van der Waals surface area contributed by atoms with Crippen LogP contribution in [0.3, 0.4) is 0 Å². The maximum atomic E-state index is 6.12. The van der Waals surface area contributed by atoms with E-state index in [1.165, 1.54) is 16.7 Å². The largest absolute Gasteiger partial charge is 0.399 e. The summed E-state index contributed by atoms with van der Waals surface area (Å²) < 4.78 is 0. The summed E-state index contributed by atoms with van der Waals surface area (Å²) in [6.45, 7) is 15.2. The van der Waals surface area contributed by atoms with Gasteiger partial charge in [-0.05, 0) is 43.8 Å². The molecule has 2 N–H and O–H groups in total. The Morgan fingerprint density at radius 3 is 1.43 bits per heavy atom. The first-order chi connectivity index (χ1) is 6.29. The molecule has 0 aliphatic heterocycles. The SMILES string of the molecule is CC(=C(\C)C(C)C)/C(N)=C(/C)C(C)C. The number of hydrogen-bond acceptors (Lipinski definition) is 1. The first-order valence-corrected chi connectivity index (χ1v) is 5.43. The van der Waals surface area contributed by atoms with Gasteiger partial charge in [-0.15, -0.1) is 0 Å². The van der Waals surface area contributed by atoms with Crippen molar-refractivity contribution in [3.8, 4) is 0 Å². The predicted octanol–water partition coefficient (Wildman–Crippen LogP) is 3.87. The van der Waals surface area contributed by atoms with Gasteiger partial charge in [0, 0.05) is 5.70 Å². The van der Waals surface area contributed by atoms with Crippen LogP contribution in [0.15, 0.2) is 22.4 Å². The molecule has 0 saturated heterocycles. The summed E-state index contributed by atoms with van der Waals surface area (Å²) in [5.41, 5.74) is 11.0. The van der Waals surface area contributed by atoms with Crippen molar-refractivity contribution in [2.75, 3.05) is 0 Å². The van der Waals surface area contributed by atoms with Gasteiger partial charge in [0.2, 0.25) is 0 Å². The molecule has 1 nitrogen and oxygen atoms in total. The molecule has 0 saturated carbocycles. The minimum atomic E-state index is 0.532. The molecule has 82 valence electrons. The van der Waals surface area contributed by atoms with Crippen LogP contribution >= 0.6 is 0 Å². The van der Waals surface area contributed by atoms with Crippen LogP contribution in [0.5, 0.6) is 0 Å². The van der Waals surface area contributed by atoms with Crippen LogP contribution in [0.2, 0.25) is 0 Å². The molecule has 0 unspecified atom stereocenters. The highest BCUT2D eigenvalue weighted by Gasteiger charge is 2.08. The zero-order valence-electron chi connectivity index (χ0n) is 10.7. The molecular formula is C13H25N. The first kappa shape index (κ1) is 13.3. The van der Waals surface area contributed by atoms with E-state index in [1.54, 1.807) is 0 Å². The minimum Gasteiger partial charge on any atom is -0.399 e. The molecule has 0 rings (SSSR count). The van der Waals surface area contributed by atoms with E-state index in [0.717, 1.165) is 5.70 Å². The Balaban J connectivity index is 5.14. The van der Waals surface area contributed by atoms with Gasteiger partial charge in [0.1, 0.15) is 0 Å². The lowest BCUT2D eigenvalue weighted by molar-refractivity contribution is 0.739. The predicted molar refractivity (Wildman–Crippen MR) is 64.9 cm³/mol. The minimum absolute atomic E-state index is 0.532. The molecule has 0 spiro atoms. The normalized spacial score (nSPS) is 15.8. The monoisotopic (exact) mass is 195 g/mol. The van der Waals surface area contributed by atoms with Crippen LogP contribution in [0, 0.1) is 11.8 Å². The van der Waals surface area contributed by atoms with E-state index in [4.69, 9.17) is 5.73 Å². The van der Waals surface area contributed by atoms with Crippen LogP contribution < -0.4 is 5.73 Å². The van der Waals surface area contributed by atoms with E-state index in [9.17, 15) is 0 Å². The van der Waals surface area contributed by atoms with E-state index in [0.29, 0.717) is 11.8 Å². The summed E-state index contributed by atoms with van der Waals surface area (Å²) in [6, 6.07) is 0. The van der Waals surface area contributed by atoms with Crippen molar-refractivity contribution < 1.29 is 0 Å². The highest BCUT2D eigenvalue weighted by atomic mass is 14.6. The van der Waals surface area contributed by atoms with E-state index < -0.39 is 0 Å². The summed E-state index contributed by atoms with van der Waals surface area (Å²) in [7, 11) is 0. The number of rotatable bonds is 3. The second-order valence-electron chi connectivity index (χ2n) is 4.71. The van der Waals surface area contributed by atoms with Crippen molar-refractivity contribution in [2.24, 2.45) is 17.6 Å². The highest BCUT2D eigenvalue weighted by Crippen LogP contribution is 2.22. The molecule has 0 aromatic rings. The van der Waals surface area contributed by atoms with Crippen molar-refractivity contribution in [1.82, 2.24) is 0 Å². The molecule has 0 radical (unpaired) electrons. The fourth-order valence-corrected chi connectivity index (χ4v) is 1.25. The third-order valence-corrected chi connectivity index (χ3v) is 3.15. The number of nitrogens with two attached hydrogens (primary N) is 1. The summed E-state index contributed by atoms with van der Waals surface area (Å²) in [4.78, 5) is 0. The lowest BCUT2D eigenvalue weighted by atomic mass is 9.93. The van der Waals surface area contributed by atoms with Crippen molar-refractivity contribution in [3.63, 3.8) is 0 Å². The van der Waals surface area contributed by atoms with Crippen LogP contribution in [0.4, 0.5) is 0 Å². The van der Waals surface area contributed by atoms with Crippen molar-refractivity contribution in [1.29, 1.82) is 0 Å². The molecule has 0 aliphatic rings. The van der Waals surface area contributed by atoms with Gasteiger partial charge in [0.25, 0.3) is 0 Å². The van der Waals surface area contributed by atoms with Crippen LogP contribution in [-0.4, -0.2) is 0 Å². The third kappa shape index (κ3) is 3.21.